The molecule has 0 spiro atoms. The van der Waals surface area contributed by atoms with Crippen LogP contribution in [0.25, 0.3) is 10.6 Å². The summed E-state index contributed by atoms with van der Waals surface area (Å²) in [4.78, 5) is 16.2. The fourth-order valence-corrected chi connectivity index (χ4v) is 2.78. The smallest absolute Gasteiger partial charge is 0.226 e. The molecule has 2 rings (SSSR count). The van der Waals surface area contributed by atoms with Crippen LogP contribution in [0.5, 0.6) is 0 Å². The van der Waals surface area contributed by atoms with Gasteiger partial charge in [0, 0.05) is 37.7 Å². The number of rotatable bonds is 9. The number of ether oxygens (including phenoxy) is 1. The summed E-state index contributed by atoms with van der Waals surface area (Å²) in [5.74, 6) is -0.368. The first kappa shape index (κ1) is 23.8. The molecule has 0 atom stereocenters. The molecule has 2 N–H and O–H groups in total. The first-order valence-electron chi connectivity index (χ1n) is 7.35. The fourth-order valence-electron chi connectivity index (χ4n) is 1.96. The van der Waals surface area contributed by atoms with Crippen molar-refractivity contribution < 1.29 is 13.9 Å². The highest BCUT2D eigenvalue weighted by atomic mass is 35.5. The van der Waals surface area contributed by atoms with Crippen molar-refractivity contribution in [3.05, 3.63) is 41.2 Å². The molecule has 2 aromatic rings. The Morgan fingerprint density at radius 3 is 2.80 bits per heavy atom. The van der Waals surface area contributed by atoms with Crippen LogP contribution in [0.15, 0.2) is 29.6 Å². The van der Waals surface area contributed by atoms with Crippen molar-refractivity contribution in [3.8, 4) is 10.6 Å². The molecule has 1 heterocycles. The number of aromatic nitrogens is 1. The second-order valence-corrected chi connectivity index (χ2v) is 5.78. The molecule has 1 aromatic carbocycles. The second kappa shape index (κ2) is 13.0. The largest absolute Gasteiger partial charge is 0.383 e. The Morgan fingerprint density at radius 1 is 1.28 bits per heavy atom. The number of methoxy groups -OCH3 is 1. The summed E-state index contributed by atoms with van der Waals surface area (Å²) in [5.41, 5.74) is 1.42. The van der Waals surface area contributed by atoms with E-state index in [1.807, 2.05) is 5.38 Å². The summed E-state index contributed by atoms with van der Waals surface area (Å²) in [6.07, 6.45) is 0.226. The average molecular weight is 410 g/mol. The summed E-state index contributed by atoms with van der Waals surface area (Å²) in [6, 6.07) is 6.28. The van der Waals surface area contributed by atoms with Gasteiger partial charge >= 0.3 is 0 Å². The van der Waals surface area contributed by atoms with Crippen LogP contribution in [0.3, 0.4) is 0 Å². The Morgan fingerprint density at radius 2 is 2.08 bits per heavy atom. The van der Waals surface area contributed by atoms with E-state index < -0.39 is 0 Å². The van der Waals surface area contributed by atoms with Crippen LogP contribution in [0, 0.1) is 5.82 Å². The number of amides is 1. The molecule has 1 amide bonds. The highest BCUT2D eigenvalue weighted by Gasteiger charge is 2.09. The van der Waals surface area contributed by atoms with Gasteiger partial charge in [0.1, 0.15) is 10.8 Å². The molecule has 0 aliphatic carbocycles. The van der Waals surface area contributed by atoms with E-state index in [0.29, 0.717) is 30.4 Å². The molecule has 0 saturated carbocycles. The number of carbonyl (C=O) groups excluding carboxylic acids is 1. The minimum absolute atomic E-state index is 0. The fraction of sp³-hybridized carbons (Fsp3) is 0.375. The van der Waals surface area contributed by atoms with Gasteiger partial charge in [0.25, 0.3) is 0 Å². The van der Waals surface area contributed by atoms with Gasteiger partial charge in [-0.3, -0.25) is 4.79 Å². The molecule has 0 aliphatic rings. The van der Waals surface area contributed by atoms with Crippen molar-refractivity contribution in [2.75, 3.05) is 33.4 Å². The van der Waals surface area contributed by atoms with Crippen LogP contribution in [0.2, 0.25) is 0 Å². The van der Waals surface area contributed by atoms with Gasteiger partial charge in [-0.1, -0.05) is 12.1 Å². The SMILES string of the molecule is COCCNCCNC(=O)Cc1csc(-c2cccc(F)c2)n1.Cl.Cl. The monoisotopic (exact) mass is 409 g/mol. The van der Waals surface area contributed by atoms with Gasteiger partial charge in [0.15, 0.2) is 0 Å². The zero-order valence-electron chi connectivity index (χ0n) is 13.8. The quantitative estimate of drug-likeness (QED) is 0.624. The van der Waals surface area contributed by atoms with Gasteiger partial charge in [0.05, 0.1) is 18.7 Å². The van der Waals surface area contributed by atoms with E-state index in [0.717, 1.165) is 12.1 Å². The topological polar surface area (TPSA) is 63.2 Å². The minimum atomic E-state index is -0.294. The number of thiazole rings is 1. The number of nitrogens with zero attached hydrogens (tertiary/aromatic N) is 1. The van der Waals surface area contributed by atoms with Crippen LogP contribution in [0.4, 0.5) is 4.39 Å². The Bertz CT molecular complexity index is 643. The second-order valence-electron chi connectivity index (χ2n) is 4.92. The maximum absolute atomic E-state index is 13.2. The number of hydrogen-bond acceptors (Lipinski definition) is 5. The zero-order valence-corrected chi connectivity index (χ0v) is 16.2. The predicted octanol–water partition coefficient (Wildman–Crippen LogP) is 2.69. The molecule has 25 heavy (non-hydrogen) atoms. The lowest BCUT2D eigenvalue weighted by molar-refractivity contribution is -0.120. The van der Waals surface area contributed by atoms with Gasteiger partial charge < -0.3 is 15.4 Å². The summed E-state index contributed by atoms with van der Waals surface area (Å²) < 4.78 is 18.1. The number of carbonyl (C=O) groups is 1. The Labute approximate surface area is 163 Å². The number of hydrogen-bond donors (Lipinski definition) is 2. The predicted molar refractivity (Wildman–Crippen MR) is 103 cm³/mol. The number of halogens is 3. The normalized spacial score (nSPS) is 9.84. The van der Waals surface area contributed by atoms with Gasteiger partial charge in [-0.05, 0) is 12.1 Å². The lowest BCUT2D eigenvalue weighted by Crippen LogP contribution is -2.33. The van der Waals surface area contributed by atoms with Crippen LogP contribution < -0.4 is 10.6 Å². The minimum Gasteiger partial charge on any atom is -0.383 e. The molecular weight excluding hydrogens is 388 g/mol. The van der Waals surface area contributed by atoms with Crippen molar-refractivity contribution in [1.29, 1.82) is 0 Å². The van der Waals surface area contributed by atoms with E-state index in [1.165, 1.54) is 23.5 Å². The Hall–Kier alpha value is -1.25. The van der Waals surface area contributed by atoms with Gasteiger partial charge in [-0.2, -0.15) is 0 Å². The maximum atomic E-state index is 13.2. The molecule has 9 heteroatoms. The highest BCUT2D eigenvalue weighted by molar-refractivity contribution is 7.13. The molecule has 0 fully saturated rings. The van der Waals surface area contributed by atoms with Crippen molar-refractivity contribution >= 4 is 42.1 Å². The van der Waals surface area contributed by atoms with Gasteiger partial charge in [-0.15, -0.1) is 36.2 Å². The first-order valence-corrected chi connectivity index (χ1v) is 8.23. The van der Waals surface area contributed by atoms with Crippen molar-refractivity contribution in [2.45, 2.75) is 6.42 Å². The summed E-state index contributed by atoms with van der Waals surface area (Å²) in [5, 5.41) is 8.52. The zero-order chi connectivity index (χ0) is 16.5. The van der Waals surface area contributed by atoms with Crippen molar-refractivity contribution in [3.63, 3.8) is 0 Å². The third-order valence-electron chi connectivity index (χ3n) is 3.07. The van der Waals surface area contributed by atoms with Crippen LogP contribution in [0.1, 0.15) is 5.69 Å². The van der Waals surface area contributed by atoms with Gasteiger partial charge in [0.2, 0.25) is 5.91 Å². The molecule has 5 nitrogen and oxygen atoms in total. The average Bonchev–Trinajstić information content (AvgIpc) is 2.99. The molecule has 0 aliphatic heterocycles. The third kappa shape index (κ3) is 8.60. The molecule has 0 radical (unpaired) electrons. The Balaban J connectivity index is 0.00000288. The maximum Gasteiger partial charge on any atom is 0.226 e. The molecule has 1 aromatic heterocycles. The standard InChI is InChI=1S/C16H20FN3O2S.2ClH/c1-22-8-7-18-5-6-19-15(21)10-14-11-23-16(20-14)12-3-2-4-13(17)9-12;;/h2-4,9,11,18H,5-8,10H2,1H3,(H,19,21);2*1H. The molecule has 0 unspecified atom stereocenters. The Kier molecular flexibility index (Phi) is 12.4. The number of benzene rings is 1. The summed E-state index contributed by atoms with van der Waals surface area (Å²) in [7, 11) is 1.65. The van der Waals surface area contributed by atoms with Crippen molar-refractivity contribution in [1.82, 2.24) is 15.6 Å². The summed E-state index contributed by atoms with van der Waals surface area (Å²) >= 11 is 1.41. The molecule has 0 bridgehead atoms. The van der Waals surface area contributed by atoms with E-state index in [4.69, 9.17) is 4.74 Å². The van der Waals surface area contributed by atoms with Crippen LogP contribution >= 0.6 is 36.2 Å². The van der Waals surface area contributed by atoms with E-state index in [1.54, 1.807) is 19.2 Å². The highest BCUT2D eigenvalue weighted by Crippen LogP contribution is 2.24. The lowest BCUT2D eigenvalue weighted by Gasteiger charge is -2.05. The lowest BCUT2D eigenvalue weighted by atomic mass is 10.2. The summed E-state index contributed by atoms with van der Waals surface area (Å²) in [6.45, 7) is 2.66. The van der Waals surface area contributed by atoms with Crippen molar-refractivity contribution in [2.24, 2.45) is 0 Å². The first-order chi connectivity index (χ1) is 11.2. The molecule has 0 saturated heterocycles. The number of nitrogens with one attached hydrogen (secondary N) is 2. The molecular formula is C16H22Cl2FN3O2S. The van der Waals surface area contributed by atoms with Crippen LogP contribution in [-0.2, 0) is 16.0 Å². The van der Waals surface area contributed by atoms with Crippen LogP contribution in [-0.4, -0.2) is 44.2 Å². The third-order valence-corrected chi connectivity index (χ3v) is 4.01. The van der Waals surface area contributed by atoms with Gasteiger partial charge in [-0.25, -0.2) is 9.37 Å². The van der Waals surface area contributed by atoms with E-state index in [9.17, 15) is 9.18 Å². The van der Waals surface area contributed by atoms with E-state index in [-0.39, 0.29) is 43.0 Å². The molecule has 140 valence electrons. The van der Waals surface area contributed by atoms with E-state index >= 15 is 0 Å². The van der Waals surface area contributed by atoms with E-state index in [2.05, 4.69) is 15.6 Å².